The molecule has 2 aromatic rings. The van der Waals surface area contributed by atoms with Gasteiger partial charge in [0.15, 0.2) is 0 Å². The molecule has 1 heterocycles. The van der Waals surface area contributed by atoms with Gasteiger partial charge in [-0.15, -0.1) is 5.10 Å². The van der Waals surface area contributed by atoms with Crippen LogP contribution < -0.4 is 16.2 Å². The predicted octanol–water partition coefficient (Wildman–Crippen LogP) is 1.48. The van der Waals surface area contributed by atoms with Gasteiger partial charge in [-0.1, -0.05) is 17.3 Å². The number of hydrogen-bond donors (Lipinski definition) is 2. The second-order valence-corrected chi connectivity index (χ2v) is 4.43. The fourth-order valence-corrected chi connectivity index (χ4v) is 1.71. The van der Waals surface area contributed by atoms with Crippen LogP contribution in [-0.4, -0.2) is 17.3 Å². The van der Waals surface area contributed by atoms with E-state index in [2.05, 4.69) is 15.4 Å². The summed E-state index contributed by atoms with van der Waals surface area (Å²) in [6.07, 6.45) is 1.54. The third-order valence-electron chi connectivity index (χ3n) is 2.80. The molecule has 0 aliphatic rings. The van der Waals surface area contributed by atoms with E-state index in [1.807, 2.05) is 38.1 Å². The number of ether oxygens (including phenoxy) is 1. The van der Waals surface area contributed by atoms with Crippen LogP contribution in [0.5, 0.6) is 5.75 Å². The van der Waals surface area contributed by atoms with Gasteiger partial charge in [0.05, 0.1) is 17.5 Å². The molecule has 1 aromatic carbocycles. The molecule has 0 spiro atoms. The maximum absolute atomic E-state index is 5.73. The zero-order valence-electron chi connectivity index (χ0n) is 11.9. The van der Waals surface area contributed by atoms with E-state index in [4.69, 9.17) is 20.7 Å². The number of guanidine groups is 1. The normalized spacial score (nSPS) is 10.8. The molecule has 0 bridgehead atoms. The third-order valence-corrected chi connectivity index (χ3v) is 2.80. The molecule has 1 aromatic heterocycles. The van der Waals surface area contributed by atoms with Gasteiger partial charge in [0, 0.05) is 0 Å². The second-order valence-electron chi connectivity index (χ2n) is 4.43. The van der Waals surface area contributed by atoms with Crippen LogP contribution in [-0.2, 0) is 6.61 Å². The lowest BCUT2D eigenvalue weighted by atomic mass is 10.2. The molecular formula is C14H17N5O2. The van der Waals surface area contributed by atoms with E-state index < -0.39 is 0 Å². The van der Waals surface area contributed by atoms with Crippen molar-refractivity contribution in [3.63, 3.8) is 0 Å². The first-order chi connectivity index (χ1) is 10.1. The van der Waals surface area contributed by atoms with Crippen molar-refractivity contribution in [3.05, 3.63) is 46.8 Å². The summed E-state index contributed by atoms with van der Waals surface area (Å²) >= 11 is 0. The standard InChI is InChI=1S/C14H17N5O2/c1-9-13(10(2)21-19-9)8-20-12-5-3-4-11(6-12)7-17-18-14(15)16/h3-7H,8H2,1-2H3,(H4,15,16,18). The van der Waals surface area contributed by atoms with Gasteiger partial charge in [0.1, 0.15) is 18.1 Å². The van der Waals surface area contributed by atoms with Crippen LogP contribution in [0.1, 0.15) is 22.6 Å². The van der Waals surface area contributed by atoms with E-state index in [-0.39, 0.29) is 5.96 Å². The first kappa shape index (κ1) is 14.6. The van der Waals surface area contributed by atoms with Crippen LogP contribution in [0.25, 0.3) is 0 Å². The molecular weight excluding hydrogens is 270 g/mol. The van der Waals surface area contributed by atoms with E-state index in [9.17, 15) is 0 Å². The van der Waals surface area contributed by atoms with Gasteiger partial charge in [-0.25, -0.2) is 0 Å². The Morgan fingerprint density at radius 3 is 2.86 bits per heavy atom. The van der Waals surface area contributed by atoms with Gasteiger partial charge in [0.25, 0.3) is 0 Å². The molecule has 0 fully saturated rings. The highest BCUT2D eigenvalue weighted by Crippen LogP contribution is 2.18. The van der Waals surface area contributed by atoms with Gasteiger partial charge in [0.2, 0.25) is 5.96 Å². The fraction of sp³-hybridized carbons (Fsp3) is 0.214. The maximum Gasteiger partial charge on any atom is 0.211 e. The Labute approximate surface area is 122 Å². The molecule has 0 saturated heterocycles. The molecule has 0 aliphatic heterocycles. The van der Waals surface area contributed by atoms with Crippen LogP contribution in [0.3, 0.4) is 0 Å². The van der Waals surface area contributed by atoms with E-state index >= 15 is 0 Å². The van der Waals surface area contributed by atoms with Gasteiger partial charge < -0.3 is 20.7 Å². The number of nitrogens with zero attached hydrogens (tertiary/aromatic N) is 3. The Kier molecular flexibility index (Phi) is 4.55. The molecule has 0 unspecified atom stereocenters. The largest absolute Gasteiger partial charge is 0.489 e. The van der Waals surface area contributed by atoms with Crippen molar-refractivity contribution in [2.75, 3.05) is 0 Å². The van der Waals surface area contributed by atoms with Crippen molar-refractivity contribution in [3.8, 4) is 5.75 Å². The Morgan fingerprint density at radius 2 is 2.19 bits per heavy atom. The second kappa shape index (κ2) is 6.56. The van der Waals surface area contributed by atoms with E-state index in [1.165, 1.54) is 0 Å². The number of benzene rings is 1. The highest BCUT2D eigenvalue weighted by Gasteiger charge is 2.09. The quantitative estimate of drug-likeness (QED) is 0.491. The highest BCUT2D eigenvalue weighted by molar-refractivity contribution is 5.81. The summed E-state index contributed by atoms with van der Waals surface area (Å²) < 4.78 is 10.8. The Hall–Kier alpha value is -2.83. The summed E-state index contributed by atoms with van der Waals surface area (Å²) in [7, 11) is 0. The van der Waals surface area contributed by atoms with Crippen molar-refractivity contribution < 1.29 is 9.26 Å². The van der Waals surface area contributed by atoms with Gasteiger partial charge in [-0.05, 0) is 31.5 Å². The van der Waals surface area contributed by atoms with E-state index in [0.29, 0.717) is 12.4 Å². The van der Waals surface area contributed by atoms with Gasteiger partial charge >= 0.3 is 0 Å². The average Bonchev–Trinajstić information content (AvgIpc) is 2.76. The lowest BCUT2D eigenvalue weighted by molar-refractivity contribution is 0.301. The molecule has 0 radical (unpaired) electrons. The monoisotopic (exact) mass is 287 g/mol. The molecule has 0 aliphatic carbocycles. The molecule has 7 nitrogen and oxygen atoms in total. The Morgan fingerprint density at radius 1 is 1.38 bits per heavy atom. The minimum atomic E-state index is -0.0861. The van der Waals surface area contributed by atoms with Crippen molar-refractivity contribution >= 4 is 12.2 Å². The van der Waals surface area contributed by atoms with Crippen LogP contribution in [0.4, 0.5) is 0 Å². The molecule has 110 valence electrons. The SMILES string of the molecule is Cc1noc(C)c1COc1cccc(C=NN=C(N)N)c1. The van der Waals surface area contributed by atoms with Crippen molar-refractivity contribution in [2.45, 2.75) is 20.5 Å². The first-order valence-corrected chi connectivity index (χ1v) is 6.33. The maximum atomic E-state index is 5.73. The smallest absolute Gasteiger partial charge is 0.211 e. The molecule has 7 heteroatoms. The number of aryl methyl sites for hydroxylation is 2. The average molecular weight is 287 g/mol. The zero-order chi connectivity index (χ0) is 15.2. The molecule has 4 N–H and O–H groups in total. The summed E-state index contributed by atoms with van der Waals surface area (Å²) in [4.78, 5) is 0. The molecule has 0 amide bonds. The molecule has 0 saturated carbocycles. The first-order valence-electron chi connectivity index (χ1n) is 6.33. The molecule has 21 heavy (non-hydrogen) atoms. The topological polar surface area (TPSA) is 112 Å². The number of rotatable bonds is 5. The molecule has 0 atom stereocenters. The third kappa shape index (κ3) is 4.07. The number of hydrogen-bond acceptors (Lipinski definition) is 5. The molecule has 2 rings (SSSR count). The predicted molar refractivity (Wildman–Crippen MR) is 80.2 cm³/mol. The van der Waals surface area contributed by atoms with Crippen molar-refractivity contribution in [1.29, 1.82) is 0 Å². The van der Waals surface area contributed by atoms with Crippen LogP contribution in [0, 0.1) is 13.8 Å². The van der Waals surface area contributed by atoms with Gasteiger partial charge in [-0.2, -0.15) is 5.10 Å². The van der Waals surface area contributed by atoms with Gasteiger partial charge in [-0.3, -0.25) is 0 Å². The highest BCUT2D eigenvalue weighted by atomic mass is 16.5. The van der Waals surface area contributed by atoms with Crippen LogP contribution in [0.15, 0.2) is 39.0 Å². The minimum absolute atomic E-state index is 0.0861. The van der Waals surface area contributed by atoms with Crippen LogP contribution in [0.2, 0.25) is 0 Å². The van der Waals surface area contributed by atoms with E-state index in [1.54, 1.807) is 6.21 Å². The Balaban J connectivity index is 2.05. The lowest BCUT2D eigenvalue weighted by Crippen LogP contribution is -2.21. The number of aromatic nitrogens is 1. The number of nitrogens with two attached hydrogens (primary N) is 2. The summed E-state index contributed by atoms with van der Waals surface area (Å²) in [5.41, 5.74) is 13.0. The Bertz CT molecular complexity index is 652. The lowest BCUT2D eigenvalue weighted by Gasteiger charge is -2.06. The summed E-state index contributed by atoms with van der Waals surface area (Å²) in [5, 5.41) is 11.2. The van der Waals surface area contributed by atoms with E-state index in [0.717, 1.165) is 22.6 Å². The summed E-state index contributed by atoms with van der Waals surface area (Å²) in [5.74, 6) is 1.39. The zero-order valence-corrected chi connectivity index (χ0v) is 11.9. The van der Waals surface area contributed by atoms with Crippen molar-refractivity contribution in [1.82, 2.24) is 5.16 Å². The fourth-order valence-electron chi connectivity index (χ4n) is 1.71. The summed E-state index contributed by atoms with van der Waals surface area (Å²) in [6.45, 7) is 4.14. The summed E-state index contributed by atoms with van der Waals surface area (Å²) in [6, 6.07) is 7.42. The van der Waals surface area contributed by atoms with Crippen LogP contribution >= 0.6 is 0 Å². The minimum Gasteiger partial charge on any atom is -0.489 e. The van der Waals surface area contributed by atoms with Crippen molar-refractivity contribution in [2.24, 2.45) is 21.7 Å².